The van der Waals surface area contributed by atoms with Crippen molar-refractivity contribution in [1.29, 1.82) is 0 Å². The molecule has 1 saturated heterocycles. The minimum absolute atomic E-state index is 0.0667. The molecule has 1 aliphatic rings. The first-order chi connectivity index (χ1) is 17.1. The van der Waals surface area contributed by atoms with Crippen molar-refractivity contribution >= 4 is 17.5 Å². The van der Waals surface area contributed by atoms with Gasteiger partial charge in [-0.2, -0.15) is 0 Å². The lowest BCUT2D eigenvalue weighted by Gasteiger charge is -2.33. The Kier molecular flexibility index (Phi) is 8.65. The molecule has 1 unspecified atom stereocenters. The van der Waals surface area contributed by atoms with Crippen molar-refractivity contribution in [3.05, 3.63) is 66.7 Å². The normalized spacial score (nSPS) is 16.6. The van der Waals surface area contributed by atoms with E-state index in [0.717, 1.165) is 68.0 Å². The molecule has 3 heterocycles. The molecule has 1 aromatic carbocycles. The average Bonchev–Trinajstić information content (AvgIpc) is 3.39. The van der Waals surface area contributed by atoms with Crippen molar-refractivity contribution in [2.24, 2.45) is 5.92 Å². The number of Topliss-reactive ketones (excluding diaryl/α,β-unsaturated/α-hetero) is 1. The molecule has 1 aliphatic heterocycles. The molecule has 2 N–H and O–H groups in total. The number of aromatic nitrogens is 3. The summed E-state index contributed by atoms with van der Waals surface area (Å²) in [4.78, 5) is 39.4. The van der Waals surface area contributed by atoms with Gasteiger partial charge in [-0.3, -0.25) is 4.79 Å². The van der Waals surface area contributed by atoms with Crippen molar-refractivity contribution in [1.82, 2.24) is 20.3 Å². The van der Waals surface area contributed by atoms with Crippen LogP contribution < -0.4 is 10.2 Å². The number of amides is 1. The van der Waals surface area contributed by atoms with Crippen LogP contribution in [0, 0.1) is 5.92 Å². The number of rotatable bonds is 11. The van der Waals surface area contributed by atoms with E-state index in [1.54, 1.807) is 13.1 Å². The summed E-state index contributed by atoms with van der Waals surface area (Å²) in [7, 11) is 0. The van der Waals surface area contributed by atoms with Gasteiger partial charge in [-0.1, -0.05) is 49.2 Å². The average molecular weight is 474 g/mol. The number of anilines is 1. The predicted octanol–water partition coefficient (Wildman–Crippen LogP) is 5.09. The zero-order valence-corrected chi connectivity index (χ0v) is 20.5. The second kappa shape index (κ2) is 12.3. The third-order valence-electron chi connectivity index (χ3n) is 6.61. The molecule has 1 amide bonds. The van der Waals surface area contributed by atoms with Gasteiger partial charge in [0.15, 0.2) is 0 Å². The topological polar surface area (TPSA) is 91.0 Å². The number of ketones is 1. The maximum atomic E-state index is 13.4. The number of nitrogens with zero attached hydrogens (tertiary/aromatic N) is 3. The van der Waals surface area contributed by atoms with Gasteiger partial charge in [-0.05, 0) is 50.3 Å². The van der Waals surface area contributed by atoms with E-state index in [1.165, 1.54) is 0 Å². The largest absolute Gasteiger partial charge is 0.356 e. The minimum atomic E-state index is -0.192. The van der Waals surface area contributed by atoms with Crippen LogP contribution in [0.25, 0.3) is 11.3 Å². The van der Waals surface area contributed by atoms with Gasteiger partial charge in [0.2, 0.25) is 5.91 Å². The van der Waals surface area contributed by atoms with Gasteiger partial charge in [0, 0.05) is 25.7 Å². The van der Waals surface area contributed by atoms with Gasteiger partial charge in [0.1, 0.15) is 17.4 Å². The number of piperidine rings is 1. The van der Waals surface area contributed by atoms with Crippen molar-refractivity contribution in [2.75, 3.05) is 18.0 Å². The third-order valence-corrected chi connectivity index (χ3v) is 6.61. The lowest BCUT2D eigenvalue weighted by Crippen LogP contribution is -2.44. The van der Waals surface area contributed by atoms with E-state index in [9.17, 15) is 9.59 Å². The van der Waals surface area contributed by atoms with E-state index in [1.807, 2.05) is 54.7 Å². The molecular formula is C28H35N5O2. The van der Waals surface area contributed by atoms with Crippen LogP contribution in [0.15, 0.2) is 60.9 Å². The fraction of sp³-hybridized carbons (Fsp3) is 0.429. The molecule has 3 aromatic rings. The van der Waals surface area contributed by atoms with E-state index in [2.05, 4.69) is 25.2 Å². The van der Waals surface area contributed by atoms with Crippen molar-refractivity contribution < 1.29 is 9.59 Å². The second-order valence-electron chi connectivity index (χ2n) is 9.38. The molecule has 1 fully saturated rings. The Morgan fingerprint density at radius 2 is 1.91 bits per heavy atom. The molecule has 0 spiro atoms. The molecule has 0 saturated carbocycles. The monoisotopic (exact) mass is 473 g/mol. The molecular weight excluding hydrogens is 438 g/mol. The maximum absolute atomic E-state index is 13.4. The summed E-state index contributed by atoms with van der Waals surface area (Å²) in [5.41, 5.74) is 2.01. The fourth-order valence-electron chi connectivity index (χ4n) is 4.68. The second-order valence-corrected chi connectivity index (χ2v) is 9.38. The van der Waals surface area contributed by atoms with Crippen LogP contribution in [0.2, 0.25) is 0 Å². The van der Waals surface area contributed by atoms with Gasteiger partial charge in [-0.15, -0.1) is 0 Å². The first-order valence-electron chi connectivity index (χ1n) is 12.7. The van der Waals surface area contributed by atoms with E-state index in [4.69, 9.17) is 0 Å². The molecule has 2 aromatic heterocycles. The number of unbranched alkanes of at least 4 members (excludes halogenated alkanes) is 2. The highest BCUT2D eigenvalue weighted by Crippen LogP contribution is 2.25. The zero-order valence-electron chi connectivity index (χ0n) is 20.5. The molecule has 7 heteroatoms. The number of nitrogens with one attached hydrogen (secondary N) is 2. The van der Waals surface area contributed by atoms with Crippen LogP contribution in [-0.2, 0) is 9.59 Å². The number of aromatic amines is 1. The summed E-state index contributed by atoms with van der Waals surface area (Å²) in [6.07, 6.45) is 9.61. The number of imidazole rings is 1. The SMILES string of the molecule is CC(=O)CCCCC[C@H](NC(=O)C1CCCN(c2ccccn2)C1)c1ncc(-c2ccccc2)[nH]1. The van der Waals surface area contributed by atoms with Crippen LogP contribution >= 0.6 is 0 Å². The first kappa shape index (κ1) is 24.6. The quantitative estimate of drug-likeness (QED) is 0.379. The van der Waals surface area contributed by atoms with Crippen LogP contribution in [0.5, 0.6) is 0 Å². The summed E-state index contributed by atoms with van der Waals surface area (Å²) in [6.45, 7) is 3.22. The third kappa shape index (κ3) is 7.01. The smallest absolute Gasteiger partial charge is 0.225 e. The molecule has 0 bridgehead atoms. The summed E-state index contributed by atoms with van der Waals surface area (Å²) >= 11 is 0. The molecule has 2 atom stereocenters. The molecule has 4 rings (SSSR count). The summed E-state index contributed by atoms with van der Waals surface area (Å²) < 4.78 is 0. The molecule has 7 nitrogen and oxygen atoms in total. The van der Waals surface area contributed by atoms with Crippen molar-refractivity contribution in [2.45, 2.75) is 57.9 Å². The highest BCUT2D eigenvalue weighted by molar-refractivity contribution is 5.80. The van der Waals surface area contributed by atoms with E-state index < -0.39 is 0 Å². The number of hydrogen-bond donors (Lipinski definition) is 2. The van der Waals surface area contributed by atoms with Crippen LogP contribution in [0.4, 0.5) is 5.82 Å². The predicted molar refractivity (Wildman–Crippen MR) is 138 cm³/mol. The lowest BCUT2D eigenvalue weighted by atomic mass is 9.96. The Bertz CT molecular complexity index is 1080. The number of H-pyrrole nitrogens is 1. The van der Waals surface area contributed by atoms with Gasteiger partial charge < -0.3 is 20.0 Å². The van der Waals surface area contributed by atoms with Crippen LogP contribution in [0.1, 0.15) is 63.7 Å². The van der Waals surface area contributed by atoms with E-state index >= 15 is 0 Å². The molecule has 35 heavy (non-hydrogen) atoms. The van der Waals surface area contributed by atoms with Gasteiger partial charge in [0.05, 0.1) is 23.9 Å². The van der Waals surface area contributed by atoms with Crippen LogP contribution in [0.3, 0.4) is 0 Å². The van der Waals surface area contributed by atoms with Gasteiger partial charge in [0.25, 0.3) is 0 Å². The number of benzene rings is 1. The highest BCUT2D eigenvalue weighted by atomic mass is 16.2. The molecule has 0 aliphatic carbocycles. The Morgan fingerprint density at radius 1 is 1.09 bits per heavy atom. The fourth-order valence-corrected chi connectivity index (χ4v) is 4.68. The summed E-state index contributed by atoms with van der Waals surface area (Å²) in [5.74, 6) is 1.90. The standard InChI is InChI=1S/C28H35N5O2/c1-21(34)11-4-2-7-15-24(27-30-19-25(31-27)22-12-5-3-6-13-22)32-28(35)23-14-10-18-33(20-23)26-16-8-9-17-29-26/h3,5-6,8-9,12-13,16-17,19,23-24H,2,4,7,10-11,14-15,18,20H2,1H3,(H,30,31)(H,32,35)/t23?,24-/m0/s1. The molecule has 184 valence electrons. The minimum Gasteiger partial charge on any atom is -0.356 e. The van der Waals surface area contributed by atoms with E-state index in [-0.39, 0.29) is 23.7 Å². The Balaban J connectivity index is 1.43. The summed E-state index contributed by atoms with van der Waals surface area (Å²) in [6, 6.07) is 15.8. The van der Waals surface area contributed by atoms with Crippen molar-refractivity contribution in [3.8, 4) is 11.3 Å². The Labute approximate surface area is 207 Å². The number of hydrogen-bond acceptors (Lipinski definition) is 5. The number of carbonyl (C=O) groups is 2. The lowest BCUT2D eigenvalue weighted by molar-refractivity contribution is -0.126. The number of carbonyl (C=O) groups excluding carboxylic acids is 2. The highest BCUT2D eigenvalue weighted by Gasteiger charge is 2.29. The maximum Gasteiger partial charge on any atom is 0.225 e. The number of pyridine rings is 1. The van der Waals surface area contributed by atoms with E-state index in [0.29, 0.717) is 13.0 Å². The van der Waals surface area contributed by atoms with Gasteiger partial charge >= 0.3 is 0 Å². The zero-order chi connectivity index (χ0) is 24.5. The van der Waals surface area contributed by atoms with Crippen molar-refractivity contribution in [3.63, 3.8) is 0 Å². The first-order valence-corrected chi connectivity index (χ1v) is 12.7. The van der Waals surface area contributed by atoms with Crippen LogP contribution in [-0.4, -0.2) is 39.7 Å². The Hall–Kier alpha value is -3.48. The molecule has 0 radical (unpaired) electrons. The summed E-state index contributed by atoms with van der Waals surface area (Å²) in [5, 5.41) is 3.29. The Morgan fingerprint density at radius 3 is 2.69 bits per heavy atom. The van der Waals surface area contributed by atoms with Gasteiger partial charge in [-0.25, -0.2) is 9.97 Å².